The van der Waals surface area contributed by atoms with Crippen molar-refractivity contribution in [2.45, 2.75) is 46.8 Å². The number of nitrogens with zero attached hydrogens (tertiary/aromatic N) is 6. The predicted octanol–water partition coefficient (Wildman–Crippen LogP) is 1.67. The molecule has 0 atom stereocenters. The van der Waals surface area contributed by atoms with Crippen LogP contribution in [0.25, 0.3) is 0 Å². The first kappa shape index (κ1) is 17.6. The second kappa shape index (κ2) is 7.24. The Kier molecular flexibility index (Phi) is 5.32. The van der Waals surface area contributed by atoms with Crippen molar-refractivity contribution in [1.82, 2.24) is 24.5 Å². The van der Waals surface area contributed by atoms with Gasteiger partial charge in [0.1, 0.15) is 0 Å². The number of rotatable bonds is 7. The van der Waals surface area contributed by atoms with E-state index < -0.39 is 4.92 Å². The van der Waals surface area contributed by atoms with Gasteiger partial charge in [0.15, 0.2) is 0 Å². The van der Waals surface area contributed by atoms with Crippen molar-refractivity contribution in [2.24, 2.45) is 0 Å². The summed E-state index contributed by atoms with van der Waals surface area (Å²) in [6.07, 6.45) is 1.74. The first-order valence-corrected chi connectivity index (χ1v) is 7.78. The summed E-state index contributed by atoms with van der Waals surface area (Å²) in [7, 11) is 1.75. The minimum absolute atomic E-state index is 0.0452. The average molecular weight is 334 g/mol. The summed E-state index contributed by atoms with van der Waals surface area (Å²) >= 11 is 0. The third-order valence-electron chi connectivity index (χ3n) is 4.02. The van der Waals surface area contributed by atoms with Crippen LogP contribution in [0.5, 0.6) is 0 Å². The van der Waals surface area contributed by atoms with Gasteiger partial charge in [-0.1, -0.05) is 0 Å². The van der Waals surface area contributed by atoms with Crippen LogP contribution in [0.3, 0.4) is 0 Å². The third-order valence-corrected chi connectivity index (χ3v) is 4.02. The molecule has 0 aliphatic rings. The zero-order valence-corrected chi connectivity index (χ0v) is 14.4. The Morgan fingerprint density at radius 1 is 1.38 bits per heavy atom. The van der Waals surface area contributed by atoms with Crippen LogP contribution >= 0.6 is 0 Å². The molecular weight excluding hydrogens is 312 g/mol. The van der Waals surface area contributed by atoms with Crippen molar-refractivity contribution < 1.29 is 9.72 Å². The monoisotopic (exact) mass is 334 g/mol. The summed E-state index contributed by atoms with van der Waals surface area (Å²) in [5.74, 6) is -0.259. The van der Waals surface area contributed by atoms with E-state index in [4.69, 9.17) is 0 Å². The summed E-state index contributed by atoms with van der Waals surface area (Å²) in [4.78, 5) is 24.0. The molecule has 0 spiro atoms. The smallest absolute Gasteiger partial charge is 0.358 e. The van der Waals surface area contributed by atoms with Crippen molar-refractivity contribution in [3.8, 4) is 0 Å². The highest BCUT2D eigenvalue weighted by atomic mass is 16.6. The zero-order valence-electron chi connectivity index (χ0n) is 14.4. The molecule has 0 unspecified atom stereocenters. The zero-order chi connectivity index (χ0) is 17.9. The van der Waals surface area contributed by atoms with Crippen molar-refractivity contribution >= 4 is 11.7 Å². The highest BCUT2D eigenvalue weighted by molar-refractivity contribution is 5.75. The molecule has 0 saturated heterocycles. The largest absolute Gasteiger partial charge is 0.389 e. The number of aromatic nitrogens is 4. The molecule has 24 heavy (non-hydrogen) atoms. The molecule has 0 bridgehead atoms. The molecule has 0 fully saturated rings. The first-order valence-electron chi connectivity index (χ1n) is 7.78. The Hall–Kier alpha value is -2.71. The van der Waals surface area contributed by atoms with E-state index in [1.54, 1.807) is 11.9 Å². The van der Waals surface area contributed by atoms with E-state index in [0.717, 1.165) is 23.5 Å². The Morgan fingerprint density at radius 3 is 2.62 bits per heavy atom. The van der Waals surface area contributed by atoms with E-state index in [-0.39, 0.29) is 18.1 Å². The summed E-state index contributed by atoms with van der Waals surface area (Å²) in [5.41, 5.74) is 3.05. The van der Waals surface area contributed by atoms with Gasteiger partial charge < -0.3 is 15.0 Å². The summed E-state index contributed by atoms with van der Waals surface area (Å²) in [6, 6.07) is 1.32. The van der Waals surface area contributed by atoms with Crippen LogP contribution in [-0.4, -0.2) is 42.3 Å². The van der Waals surface area contributed by atoms with Crippen molar-refractivity contribution in [3.05, 3.63) is 39.3 Å². The van der Waals surface area contributed by atoms with Gasteiger partial charge in [-0.15, -0.1) is 0 Å². The maximum Gasteiger partial charge on any atom is 0.389 e. The fourth-order valence-electron chi connectivity index (χ4n) is 2.57. The maximum absolute atomic E-state index is 12.3. The fourth-order valence-corrected chi connectivity index (χ4v) is 2.57. The van der Waals surface area contributed by atoms with Gasteiger partial charge in [0.05, 0.1) is 29.6 Å². The van der Waals surface area contributed by atoms with Gasteiger partial charge in [-0.2, -0.15) is 9.78 Å². The van der Waals surface area contributed by atoms with E-state index in [0.29, 0.717) is 13.1 Å². The first-order chi connectivity index (χ1) is 11.3. The van der Waals surface area contributed by atoms with E-state index in [1.165, 1.54) is 16.9 Å². The van der Waals surface area contributed by atoms with Crippen molar-refractivity contribution in [2.75, 3.05) is 7.05 Å². The van der Waals surface area contributed by atoms with Crippen LogP contribution in [0.2, 0.25) is 0 Å². The van der Waals surface area contributed by atoms with Crippen LogP contribution in [-0.2, 0) is 24.4 Å². The molecule has 0 saturated carbocycles. The molecule has 0 aliphatic carbocycles. The number of carbonyl (C=O) groups is 1. The van der Waals surface area contributed by atoms with Crippen LogP contribution in [0.1, 0.15) is 30.3 Å². The van der Waals surface area contributed by atoms with E-state index in [1.807, 2.05) is 25.5 Å². The molecule has 130 valence electrons. The minimum atomic E-state index is -0.554. The summed E-state index contributed by atoms with van der Waals surface area (Å²) in [5, 5.41) is 18.9. The molecule has 9 heteroatoms. The van der Waals surface area contributed by atoms with Crippen molar-refractivity contribution in [3.63, 3.8) is 0 Å². The minimum Gasteiger partial charge on any atom is -0.358 e. The lowest BCUT2D eigenvalue weighted by Crippen LogP contribution is -2.27. The maximum atomic E-state index is 12.3. The fraction of sp³-hybridized carbons (Fsp3) is 0.533. The number of carbonyl (C=O) groups excluding carboxylic acids is 1. The Bertz CT molecular complexity index is 748. The van der Waals surface area contributed by atoms with Crippen LogP contribution in [0.15, 0.2) is 12.3 Å². The number of aryl methyl sites for hydroxylation is 3. The Morgan fingerprint density at radius 2 is 2.08 bits per heavy atom. The SMILES string of the molecule is CCn1nc(C)c(CN(C)C(=O)CCn2ccc([N+](=O)[O-])n2)c1C. The Labute approximate surface area is 140 Å². The van der Waals surface area contributed by atoms with Gasteiger partial charge in [0, 0.05) is 37.8 Å². The van der Waals surface area contributed by atoms with E-state index in [2.05, 4.69) is 10.2 Å². The molecule has 0 radical (unpaired) electrons. The van der Waals surface area contributed by atoms with Crippen LogP contribution < -0.4 is 0 Å². The number of hydrogen-bond acceptors (Lipinski definition) is 5. The lowest BCUT2D eigenvalue weighted by Gasteiger charge is -2.17. The Balaban J connectivity index is 1.94. The van der Waals surface area contributed by atoms with E-state index >= 15 is 0 Å². The molecule has 2 rings (SSSR count). The molecular formula is C15H22N6O3. The summed E-state index contributed by atoms with van der Waals surface area (Å²) < 4.78 is 3.33. The van der Waals surface area contributed by atoms with Crippen LogP contribution in [0, 0.1) is 24.0 Å². The van der Waals surface area contributed by atoms with Crippen LogP contribution in [0.4, 0.5) is 5.82 Å². The standard InChI is InChI=1S/C15H22N6O3/c1-5-20-12(3)13(11(2)16-20)10-18(4)15(22)7-9-19-8-6-14(17-19)21(23)24/h6,8H,5,7,9-10H2,1-4H3. The van der Waals surface area contributed by atoms with Gasteiger partial charge in [0.25, 0.3) is 0 Å². The topological polar surface area (TPSA) is 99.1 Å². The molecule has 9 nitrogen and oxygen atoms in total. The normalized spacial score (nSPS) is 10.8. The molecule has 2 aromatic rings. The van der Waals surface area contributed by atoms with Gasteiger partial charge in [-0.3, -0.25) is 9.48 Å². The highest BCUT2D eigenvalue weighted by Crippen LogP contribution is 2.15. The molecule has 0 N–H and O–H groups in total. The highest BCUT2D eigenvalue weighted by Gasteiger charge is 2.17. The molecule has 2 aromatic heterocycles. The van der Waals surface area contributed by atoms with E-state index in [9.17, 15) is 14.9 Å². The van der Waals surface area contributed by atoms with Gasteiger partial charge in [-0.25, -0.2) is 0 Å². The lowest BCUT2D eigenvalue weighted by molar-refractivity contribution is -0.389. The number of hydrogen-bond donors (Lipinski definition) is 0. The molecule has 1 amide bonds. The molecule has 0 aromatic carbocycles. The molecule has 2 heterocycles. The predicted molar refractivity (Wildman–Crippen MR) is 87.3 cm³/mol. The number of amides is 1. The van der Waals surface area contributed by atoms with Gasteiger partial charge >= 0.3 is 5.82 Å². The van der Waals surface area contributed by atoms with Gasteiger partial charge in [-0.05, 0) is 25.7 Å². The van der Waals surface area contributed by atoms with Crippen molar-refractivity contribution in [1.29, 1.82) is 0 Å². The van der Waals surface area contributed by atoms with Gasteiger partial charge in [0.2, 0.25) is 5.91 Å². The lowest BCUT2D eigenvalue weighted by atomic mass is 10.2. The third kappa shape index (κ3) is 3.79. The summed E-state index contributed by atoms with van der Waals surface area (Å²) in [6.45, 7) is 7.57. The second-order valence-corrected chi connectivity index (χ2v) is 5.66. The average Bonchev–Trinajstić information content (AvgIpc) is 3.12. The number of nitro groups is 1. The quantitative estimate of drug-likeness (QED) is 0.566. The second-order valence-electron chi connectivity index (χ2n) is 5.66. The molecule has 0 aliphatic heterocycles.